The molecule has 204 valence electrons. The van der Waals surface area contributed by atoms with Crippen LogP contribution in [0.1, 0.15) is 50.8 Å². The summed E-state index contributed by atoms with van der Waals surface area (Å²) in [6.45, 7) is 5.21. The molecule has 2 heterocycles. The van der Waals surface area contributed by atoms with Gasteiger partial charge < -0.3 is 18.9 Å². The van der Waals surface area contributed by atoms with Gasteiger partial charge in [0.05, 0.1) is 36.6 Å². The molecule has 0 saturated carbocycles. The van der Waals surface area contributed by atoms with Crippen LogP contribution in [0, 0.1) is 0 Å². The van der Waals surface area contributed by atoms with Crippen LogP contribution in [0.2, 0.25) is 0 Å². The molecule has 39 heavy (non-hydrogen) atoms. The predicted molar refractivity (Wildman–Crippen MR) is 147 cm³/mol. The highest BCUT2D eigenvalue weighted by Crippen LogP contribution is 2.38. The first-order valence-electron chi connectivity index (χ1n) is 12.5. The maximum atomic E-state index is 14.0. The largest absolute Gasteiger partial charge is 0.497 e. The number of nitrogens with zero attached hydrogens (tertiary/aromatic N) is 2. The molecule has 1 aliphatic heterocycles. The van der Waals surface area contributed by atoms with Crippen LogP contribution in [0.4, 0.5) is 0 Å². The van der Waals surface area contributed by atoms with Crippen molar-refractivity contribution in [1.29, 1.82) is 0 Å². The third-order valence-corrected chi connectivity index (χ3v) is 7.07. The number of aromatic nitrogens is 1. The van der Waals surface area contributed by atoms with Gasteiger partial charge in [-0.2, -0.15) is 0 Å². The first kappa shape index (κ1) is 27.8. The Labute approximate surface area is 229 Å². The molecule has 0 aliphatic carbocycles. The molecular formula is C29H30N2O7S. The zero-order valence-electron chi connectivity index (χ0n) is 22.5. The first-order valence-corrected chi connectivity index (χ1v) is 13.4. The average molecular weight is 551 g/mol. The van der Waals surface area contributed by atoms with E-state index >= 15 is 0 Å². The van der Waals surface area contributed by atoms with Crippen LogP contribution < -0.4 is 29.1 Å². The number of esters is 2. The highest BCUT2D eigenvalue weighted by molar-refractivity contribution is 7.07. The topological polar surface area (TPSA) is 105 Å². The van der Waals surface area contributed by atoms with Crippen LogP contribution in [-0.4, -0.2) is 37.3 Å². The molecule has 0 saturated heterocycles. The van der Waals surface area contributed by atoms with Crippen LogP contribution in [0.3, 0.4) is 0 Å². The van der Waals surface area contributed by atoms with Crippen molar-refractivity contribution in [2.75, 3.05) is 20.8 Å². The van der Waals surface area contributed by atoms with Crippen LogP contribution in [0.25, 0.3) is 6.08 Å². The fourth-order valence-electron chi connectivity index (χ4n) is 4.46. The smallest absolute Gasteiger partial charge is 0.338 e. The van der Waals surface area contributed by atoms with Gasteiger partial charge in [0.1, 0.15) is 23.3 Å². The van der Waals surface area contributed by atoms with E-state index in [0.717, 1.165) is 6.42 Å². The number of rotatable bonds is 9. The summed E-state index contributed by atoms with van der Waals surface area (Å²) in [5.74, 6) is 0.344. The SMILES string of the molecule is CCCC1=C(C(=O)OCC)C(c2cc(OC)ccc2OC)n2c(sc(=Cc3ccccc3OC(C)=O)c2=O)=N1. The third-order valence-electron chi connectivity index (χ3n) is 6.08. The Morgan fingerprint density at radius 1 is 1.08 bits per heavy atom. The van der Waals surface area contributed by atoms with Gasteiger partial charge >= 0.3 is 11.9 Å². The molecule has 1 aromatic heterocycles. The van der Waals surface area contributed by atoms with Crippen molar-refractivity contribution in [2.24, 2.45) is 4.99 Å². The zero-order valence-corrected chi connectivity index (χ0v) is 23.3. The monoisotopic (exact) mass is 550 g/mol. The van der Waals surface area contributed by atoms with E-state index in [-0.39, 0.29) is 17.7 Å². The summed E-state index contributed by atoms with van der Waals surface area (Å²) in [5, 5.41) is 0. The molecule has 0 radical (unpaired) electrons. The van der Waals surface area contributed by atoms with Crippen molar-refractivity contribution in [3.63, 3.8) is 0 Å². The molecule has 3 aromatic rings. The summed E-state index contributed by atoms with van der Waals surface area (Å²) in [7, 11) is 3.07. The second-order valence-corrected chi connectivity index (χ2v) is 9.66. The highest BCUT2D eigenvalue weighted by atomic mass is 32.1. The molecule has 2 aromatic carbocycles. The van der Waals surface area contributed by atoms with Gasteiger partial charge in [-0.15, -0.1) is 0 Å². The van der Waals surface area contributed by atoms with E-state index in [1.807, 2.05) is 6.92 Å². The number of fused-ring (bicyclic) bond motifs is 1. The Hall–Kier alpha value is -4.18. The maximum absolute atomic E-state index is 14.0. The summed E-state index contributed by atoms with van der Waals surface area (Å²) in [6.07, 6.45) is 2.90. The van der Waals surface area contributed by atoms with Crippen molar-refractivity contribution >= 4 is 29.4 Å². The van der Waals surface area contributed by atoms with Crippen molar-refractivity contribution < 1.29 is 28.5 Å². The quantitative estimate of drug-likeness (QED) is 0.297. The Bertz CT molecular complexity index is 1620. The molecule has 0 amide bonds. The molecule has 0 N–H and O–H groups in total. The lowest BCUT2D eigenvalue weighted by atomic mass is 9.93. The van der Waals surface area contributed by atoms with Crippen LogP contribution >= 0.6 is 11.3 Å². The summed E-state index contributed by atoms with van der Waals surface area (Å²) in [5.41, 5.74) is 1.61. The summed E-state index contributed by atoms with van der Waals surface area (Å²) in [4.78, 5) is 44.2. The second-order valence-electron chi connectivity index (χ2n) is 8.65. The lowest BCUT2D eigenvalue weighted by Crippen LogP contribution is -2.40. The standard InChI is InChI=1S/C29H30N2O7S/c1-6-10-21-25(28(34)37-7-2)26(20-16-19(35-4)13-14-23(20)36-5)31-27(33)24(39-29(31)30-21)15-18-11-8-9-12-22(18)38-17(3)32/h8-9,11-16,26H,6-7,10H2,1-5H3. The number of allylic oxidation sites excluding steroid dienone is 1. The summed E-state index contributed by atoms with van der Waals surface area (Å²) in [6, 6.07) is 11.3. The zero-order chi connectivity index (χ0) is 28.1. The minimum Gasteiger partial charge on any atom is -0.497 e. The van der Waals surface area contributed by atoms with E-state index in [4.69, 9.17) is 23.9 Å². The highest BCUT2D eigenvalue weighted by Gasteiger charge is 2.36. The van der Waals surface area contributed by atoms with Crippen molar-refractivity contribution in [3.8, 4) is 17.2 Å². The van der Waals surface area contributed by atoms with Gasteiger partial charge in [0.2, 0.25) is 0 Å². The van der Waals surface area contributed by atoms with Gasteiger partial charge in [0.25, 0.3) is 5.56 Å². The van der Waals surface area contributed by atoms with Gasteiger partial charge in [0.15, 0.2) is 4.80 Å². The number of hydrogen-bond acceptors (Lipinski definition) is 9. The number of thiazole rings is 1. The third kappa shape index (κ3) is 5.65. The van der Waals surface area contributed by atoms with E-state index < -0.39 is 18.0 Å². The summed E-state index contributed by atoms with van der Waals surface area (Å²) < 4.78 is 23.8. The normalized spacial score (nSPS) is 14.9. The van der Waals surface area contributed by atoms with E-state index in [9.17, 15) is 14.4 Å². The van der Waals surface area contributed by atoms with E-state index in [2.05, 4.69) is 0 Å². The molecule has 0 bridgehead atoms. The second kappa shape index (κ2) is 12.1. The number of carbonyl (C=O) groups excluding carboxylic acids is 2. The molecule has 9 nitrogen and oxygen atoms in total. The van der Waals surface area contributed by atoms with Crippen molar-refractivity contribution in [1.82, 2.24) is 4.57 Å². The van der Waals surface area contributed by atoms with Crippen molar-refractivity contribution in [2.45, 2.75) is 39.7 Å². The van der Waals surface area contributed by atoms with E-state index in [0.29, 0.717) is 49.8 Å². The number of hydrogen-bond donors (Lipinski definition) is 0. The fraction of sp³-hybridized carbons (Fsp3) is 0.310. The number of ether oxygens (including phenoxy) is 4. The van der Waals surface area contributed by atoms with Gasteiger partial charge in [-0.1, -0.05) is 42.9 Å². The van der Waals surface area contributed by atoms with Gasteiger partial charge in [0, 0.05) is 18.1 Å². The summed E-state index contributed by atoms with van der Waals surface area (Å²) >= 11 is 1.19. The van der Waals surface area contributed by atoms with Crippen LogP contribution in [-0.2, 0) is 14.3 Å². The molecular weight excluding hydrogens is 520 g/mol. The van der Waals surface area contributed by atoms with Crippen LogP contribution in [0.5, 0.6) is 17.2 Å². The Balaban J connectivity index is 2.05. The maximum Gasteiger partial charge on any atom is 0.338 e. The number of methoxy groups -OCH3 is 2. The molecule has 1 atom stereocenters. The lowest BCUT2D eigenvalue weighted by molar-refractivity contribution is -0.139. The van der Waals surface area contributed by atoms with Gasteiger partial charge in [-0.05, 0) is 43.7 Å². The number of para-hydroxylation sites is 1. The minimum absolute atomic E-state index is 0.168. The van der Waals surface area contributed by atoms with Crippen molar-refractivity contribution in [3.05, 3.63) is 84.5 Å². The molecule has 0 spiro atoms. The number of carbonyl (C=O) groups is 2. The predicted octanol–water partition coefficient (Wildman–Crippen LogP) is 3.52. The molecule has 1 unspecified atom stereocenters. The lowest BCUT2D eigenvalue weighted by Gasteiger charge is -2.27. The van der Waals surface area contributed by atoms with E-state index in [1.165, 1.54) is 29.9 Å². The fourth-order valence-corrected chi connectivity index (χ4v) is 5.47. The molecule has 0 fully saturated rings. The minimum atomic E-state index is -0.863. The Morgan fingerprint density at radius 2 is 1.85 bits per heavy atom. The van der Waals surface area contributed by atoms with Gasteiger partial charge in [-0.25, -0.2) is 9.79 Å². The molecule has 10 heteroatoms. The van der Waals surface area contributed by atoms with Gasteiger partial charge in [-0.3, -0.25) is 14.2 Å². The van der Waals surface area contributed by atoms with E-state index in [1.54, 1.807) is 62.6 Å². The van der Waals surface area contributed by atoms with Crippen LogP contribution in [0.15, 0.2) is 63.5 Å². The Morgan fingerprint density at radius 3 is 2.51 bits per heavy atom. The number of benzene rings is 2. The average Bonchev–Trinajstić information content (AvgIpc) is 3.23. The first-order chi connectivity index (χ1) is 18.8. The molecule has 4 rings (SSSR count). The molecule has 1 aliphatic rings. The Kier molecular flexibility index (Phi) is 8.65.